The van der Waals surface area contributed by atoms with Crippen LogP contribution in [-0.2, 0) is 4.79 Å². The zero-order valence-corrected chi connectivity index (χ0v) is 19.7. The maximum absolute atomic E-state index is 12.6. The molecule has 0 spiro atoms. The van der Waals surface area contributed by atoms with Gasteiger partial charge in [-0.15, -0.1) is 0 Å². The Hall–Kier alpha value is -1.93. The Bertz CT molecular complexity index is 718. The molecule has 2 atom stereocenters. The van der Waals surface area contributed by atoms with Gasteiger partial charge in [-0.3, -0.25) is 9.69 Å². The quantitative estimate of drug-likeness (QED) is 0.568. The lowest BCUT2D eigenvalue weighted by Crippen LogP contribution is -2.52. The molecule has 1 aromatic heterocycles. The number of amides is 1. The SMILES string of the molecule is CCN1CCCC(Nc2nccc(N3CCCCC3)n2)C1CCNC(=O)C1CCNCC1. The Balaban J connectivity index is 1.35. The molecule has 8 nitrogen and oxygen atoms in total. The number of piperidine rings is 3. The van der Waals surface area contributed by atoms with E-state index in [2.05, 4.69) is 37.7 Å². The van der Waals surface area contributed by atoms with E-state index in [0.29, 0.717) is 12.1 Å². The van der Waals surface area contributed by atoms with Crippen molar-refractivity contribution in [3.63, 3.8) is 0 Å². The van der Waals surface area contributed by atoms with Crippen LogP contribution in [0, 0.1) is 5.92 Å². The summed E-state index contributed by atoms with van der Waals surface area (Å²) < 4.78 is 0. The van der Waals surface area contributed by atoms with Gasteiger partial charge in [0.1, 0.15) is 5.82 Å². The molecule has 1 amide bonds. The molecule has 0 aliphatic carbocycles. The third-order valence-electron chi connectivity index (χ3n) is 7.38. The second-order valence-electron chi connectivity index (χ2n) is 9.48. The number of hydrogen-bond acceptors (Lipinski definition) is 7. The lowest BCUT2D eigenvalue weighted by molar-refractivity contribution is -0.125. The number of likely N-dealkylation sites (tertiary alicyclic amines) is 1. The summed E-state index contributed by atoms with van der Waals surface area (Å²) in [6, 6.07) is 2.71. The summed E-state index contributed by atoms with van der Waals surface area (Å²) in [7, 11) is 0. The summed E-state index contributed by atoms with van der Waals surface area (Å²) in [5, 5.41) is 10.2. The number of carbonyl (C=O) groups excluding carboxylic acids is 1. The molecule has 0 radical (unpaired) electrons. The van der Waals surface area contributed by atoms with Gasteiger partial charge in [-0.1, -0.05) is 6.92 Å². The van der Waals surface area contributed by atoms with Gasteiger partial charge in [0.25, 0.3) is 0 Å². The molecule has 3 N–H and O–H groups in total. The fraction of sp³-hybridized carbons (Fsp3) is 0.792. The van der Waals surface area contributed by atoms with Crippen LogP contribution in [0.3, 0.4) is 0 Å². The van der Waals surface area contributed by atoms with Crippen molar-refractivity contribution in [3.05, 3.63) is 12.3 Å². The standard InChI is InChI=1S/C24H41N7O/c1-2-30-18-6-7-20(21(30)10-14-26-23(32)19-8-12-25-13-9-19)28-24-27-15-11-22(29-24)31-16-4-3-5-17-31/h11,15,19-21,25H,2-10,12-14,16-18H2,1H3,(H,26,32)(H,27,28,29). The topological polar surface area (TPSA) is 85.4 Å². The fourth-order valence-electron chi connectivity index (χ4n) is 5.53. The summed E-state index contributed by atoms with van der Waals surface area (Å²) >= 11 is 0. The normalized spacial score (nSPS) is 25.5. The van der Waals surface area contributed by atoms with Gasteiger partial charge < -0.3 is 20.9 Å². The minimum atomic E-state index is 0.171. The molecule has 1 aromatic rings. The van der Waals surface area contributed by atoms with Crippen LogP contribution in [0.4, 0.5) is 11.8 Å². The number of carbonyl (C=O) groups is 1. The van der Waals surface area contributed by atoms with Gasteiger partial charge in [0.05, 0.1) is 0 Å². The molecule has 3 aliphatic heterocycles. The van der Waals surface area contributed by atoms with E-state index in [1.807, 2.05) is 12.3 Å². The summed E-state index contributed by atoms with van der Waals surface area (Å²) in [6.07, 6.45) is 10.8. The third kappa shape index (κ3) is 6.10. The van der Waals surface area contributed by atoms with E-state index in [1.54, 1.807) is 0 Å². The monoisotopic (exact) mass is 443 g/mol. The maximum atomic E-state index is 12.6. The van der Waals surface area contributed by atoms with Crippen molar-refractivity contribution >= 4 is 17.7 Å². The molecular weight excluding hydrogens is 402 g/mol. The highest BCUT2D eigenvalue weighted by molar-refractivity contribution is 5.78. The molecule has 0 bridgehead atoms. The Morgan fingerprint density at radius 3 is 2.72 bits per heavy atom. The van der Waals surface area contributed by atoms with Crippen molar-refractivity contribution < 1.29 is 4.79 Å². The summed E-state index contributed by atoms with van der Waals surface area (Å²) in [5.74, 6) is 2.17. The Kier molecular flexibility index (Phi) is 8.56. The molecular formula is C24H41N7O. The van der Waals surface area contributed by atoms with Gasteiger partial charge in [0.2, 0.25) is 11.9 Å². The largest absolute Gasteiger partial charge is 0.356 e. The molecule has 3 saturated heterocycles. The maximum Gasteiger partial charge on any atom is 0.224 e. The molecule has 4 rings (SSSR count). The van der Waals surface area contributed by atoms with E-state index in [9.17, 15) is 4.79 Å². The number of nitrogens with one attached hydrogen (secondary N) is 3. The average Bonchev–Trinajstić information content (AvgIpc) is 2.86. The molecule has 3 fully saturated rings. The van der Waals surface area contributed by atoms with E-state index in [1.165, 1.54) is 25.7 Å². The molecule has 0 saturated carbocycles. The summed E-state index contributed by atoms with van der Waals surface area (Å²) in [6.45, 7) is 9.19. The van der Waals surface area contributed by atoms with Crippen LogP contribution in [0.1, 0.15) is 58.3 Å². The number of hydrogen-bond donors (Lipinski definition) is 3. The minimum absolute atomic E-state index is 0.171. The van der Waals surface area contributed by atoms with Crippen molar-refractivity contribution in [2.75, 3.05) is 56.0 Å². The van der Waals surface area contributed by atoms with Crippen molar-refractivity contribution in [1.29, 1.82) is 0 Å². The first-order valence-electron chi connectivity index (χ1n) is 12.8. The summed E-state index contributed by atoms with van der Waals surface area (Å²) in [4.78, 5) is 26.9. The molecule has 32 heavy (non-hydrogen) atoms. The number of rotatable bonds is 8. The third-order valence-corrected chi connectivity index (χ3v) is 7.38. The Morgan fingerprint density at radius 1 is 1.12 bits per heavy atom. The predicted molar refractivity (Wildman–Crippen MR) is 129 cm³/mol. The van der Waals surface area contributed by atoms with E-state index < -0.39 is 0 Å². The second-order valence-corrected chi connectivity index (χ2v) is 9.48. The molecule has 2 unspecified atom stereocenters. The molecule has 0 aromatic carbocycles. The van der Waals surface area contributed by atoms with Crippen molar-refractivity contribution in [3.8, 4) is 0 Å². The predicted octanol–water partition coefficient (Wildman–Crippen LogP) is 2.24. The Labute approximate surface area is 192 Å². The van der Waals surface area contributed by atoms with Gasteiger partial charge in [0, 0.05) is 43.8 Å². The highest BCUT2D eigenvalue weighted by Crippen LogP contribution is 2.24. The second kappa shape index (κ2) is 11.8. The minimum Gasteiger partial charge on any atom is -0.356 e. The van der Waals surface area contributed by atoms with Gasteiger partial charge in [-0.2, -0.15) is 4.98 Å². The van der Waals surface area contributed by atoms with Crippen LogP contribution in [-0.4, -0.2) is 78.7 Å². The van der Waals surface area contributed by atoms with E-state index in [4.69, 9.17) is 4.98 Å². The molecule has 178 valence electrons. The van der Waals surface area contributed by atoms with Crippen LogP contribution in [0.5, 0.6) is 0 Å². The number of aromatic nitrogens is 2. The highest BCUT2D eigenvalue weighted by atomic mass is 16.1. The van der Waals surface area contributed by atoms with E-state index in [-0.39, 0.29) is 11.8 Å². The molecule has 3 aliphatic rings. The zero-order chi connectivity index (χ0) is 22.2. The van der Waals surface area contributed by atoms with Crippen LogP contribution < -0.4 is 20.9 Å². The lowest BCUT2D eigenvalue weighted by atomic mass is 9.93. The van der Waals surface area contributed by atoms with Gasteiger partial charge in [-0.25, -0.2) is 4.98 Å². The van der Waals surface area contributed by atoms with Crippen LogP contribution in [0.15, 0.2) is 12.3 Å². The van der Waals surface area contributed by atoms with Crippen LogP contribution >= 0.6 is 0 Å². The van der Waals surface area contributed by atoms with E-state index in [0.717, 1.165) is 83.3 Å². The highest BCUT2D eigenvalue weighted by Gasteiger charge is 2.31. The first-order chi connectivity index (χ1) is 15.7. The smallest absolute Gasteiger partial charge is 0.224 e. The fourth-order valence-corrected chi connectivity index (χ4v) is 5.53. The number of nitrogens with zero attached hydrogens (tertiary/aromatic N) is 4. The van der Waals surface area contributed by atoms with Gasteiger partial charge in [-0.05, 0) is 83.6 Å². The Morgan fingerprint density at radius 2 is 1.94 bits per heavy atom. The van der Waals surface area contributed by atoms with Crippen LogP contribution in [0.25, 0.3) is 0 Å². The first kappa shape index (κ1) is 23.2. The number of anilines is 2. The first-order valence-corrected chi connectivity index (χ1v) is 12.8. The zero-order valence-electron chi connectivity index (χ0n) is 19.7. The van der Waals surface area contributed by atoms with E-state index >= 15 is 0 Å². The van der Waals surface area contributed by atoms with Gasteiger partial charge in [0.15, 0.2) is 0 Å². The summed E-state index contributed by atoms with van der Waals surface area (Å²) in [5.41, 5.74) is 0. The number of likely N-dealkylation sites (N-methyl/N-ethyl adjacent to an activating group) is 1. The lowest BCUT2D eigenvalue weighted by Gasteiger charge is -2.41. The van der Waals surface area contributed by atoms with Crippen LogP contribution in [0.2, 0.25) is 0 Å². The molecule has 4 heterocycles. The molecule has 8 heteroatoms. The van der Waals surface area contributed by atoms with Crippen molar-refractivity contribution in [2.24, 2.45) is 5.92 Å². The van der Waals surface area contributed by atoms with Crippen molar-refractivity contribution in [1.82, 2.24) is 25.5 Å². The van der Waals surface area contributed by atoms with Gasteiger partial charge >= 0.3 is 0 Å². The van der Waals surface area contributed by atoms with Crippen molar-refractivity contribution in [2.45, 2.75) is 70.4 Å². The average molecular weight is 444 g/mol.